The number of hydrogen-bond donors (Lipinski definition) is 0. The van der Waals surface area contributed by atoms with Gasteiger partial charge in [-0.2, -0.15) is 0 Å². The van der Waals surface area contributed by atoms with Crippen LogP contribution in [0.1, 0.15) is 33.4 Å². The molecule has 2 fully saturated rings. The van der Waals surface area contributed by atoms with Gasteiger partial charge in [-0.3, -0.25) is 9.13 Å². The molecular formula is C25H34O6P2. The second-order valence-corrected chi connectivity index (χ2v) is 13.9. The first-order valence-corrected chi connectivity index (χ1v) is 14.9. The van der Waals surface area contributed by atoms with Gasteiger partial charge in [0.1, 0.15) is 0 Å². The molecule has 0 bridgehead atoms. The van der Waals surface area contributed by atoms with Crippen molar-refractivity contribution in [2.45, 2.75) is 40.5 Å². The van der Waals surface area contributed by atoms with Gasteiger partial charge >= 0.3 is 15.2 Å². The SMILES string of the molecule is Cc1cccc(C)c1CCP1(=O)OCC2(CO1)COP(=O)(CCc1c(C)cccc1C)OC2. The molecule has 0 N–H and O–H groups in total. The number of benzene rings is 2. The van der Waals surface area contributed by atoms with Crippen molar-refractivity contribution in [3.8, 4) is 0 Å². The van der Waals surface area contributed by atoms with E-state index in [1.807, 2.05) is 12.1 Å². The van der Waals surface area contributed by atoms with E-state index in [4.69, 9.17) is 18.1 Å². The average molecular weight is 492 g/mol. The first-order chi connectivity index (χ1) is 15.6. The molecule has 2 aromatic rings. The molecule has 33 heavy (non-hydrogen) atoms. The van der Waals surface area contributed by atoms with Crippen LogP contribution in [0.2, 0.25) is 0 Å². The van der Waals surface area contributed by atoms with Crippen LogP contribution in [0.3, 0.4) is 0 Å². The number of aryl methyl sites for hydroxylation is 4. The average Bonchev–Trinajstić information content (AvgIpc) is 2.78. The maximum atomic E-state index is 13.1. The van der Waals surface area contributed by atoms with Crippen LogP contribution in [0, 0.1) is 33.1 Å². The lowest BCUT2D eigenvalue weighted by Crippen LogP contribution is -2.46. The third-order valence-corrected chi connectivity index (χ3v) is 10.5. The van der Waals surface area contributed by atoms with Gasteiger partial charge in [0.25, 0.3) is 0 Å². The molecule has 6 nitrogen and oxygen atoms in total. The summed E-state index contributed by atoms with van der Waals surface area (Å²) >= 11 is 0. The van der Waals surface area contributed by atoms with Crippen LogP contribution in [0.4, 0.5) is 0 Å². The summed E-state index contributed by atoms with van der Waals surface area (Å²) in [5.41, 5.74) is 6.53. The zero-order valence-electron chi connectivity index (χ0n) is 20.0. The summed E-state index contributed by atoms with van der Waals surface area (Å²) in [5.74, 6) is 0. The van der Waals surface area contributed by atoms with E-state index in [0.29, 0.717) is 25.2 Å². The molecule has 2 aliphatic rings. The summed E-state index contributed by atoms with van der Waals surface area (Å²) < 4.78 is 49.3. The molecule has 2 heterocycles. The highest BCUT2D eigenvalue weighted by Gasteiger charge is 2.48. The molecule has 2 aromatic carbocycles. The highest BCUT2D eigenvalue weighted by molar-refractivity contribution is 7.54. The fourth-order valence-corrected chi connectivity index (χ4v) is 8.05. The van der Waals surface area contributed by atoms with Gasteiger partial charge in [-0.05, 0) is 73.9 Å². The molecule has 2 saturated heterocycles. The van der Waals surface area contributed by atoms with Crippen molar-refractivity contribution < 1.29 is 27.2 Å². The maximum Gasteiger partial charge on any atom is 0.331 e. The molecule has 0 radical (unpaired) electrons. The Morgan fingerprint density at radius 2 is 0.939 bits per heavy atom. The number of rotatable bonds is 6. The van der Waals surface area contributed by atoms with Crippen molar-refractivity contribution in [3.63, 3.8) is 0 Å². The van der Waals surface area contributed by atoms with Crippen LogP contribution in [-0.4, -0.2) is 38.8 Å². The van der Waals surface area contributed by atoms with Crippen molar-refractivity contribution in [3.05, 3.63) is 69.8 Å². The molecule has 0 atom stereocenters. The van der Waals surface area contributed by atoms with Crippen LogP contribution in [0.25, 0.3) is 0 Å². The van der Waals surface area contributed by atoms with E-state index in [-0.39, 0.29) is 26.4 Å². The highest BCUT2D eigenvalue weighted by Crippen LogP contribution is 2.59. The zero-order valence-corrected chi connectivity index (χ0v) is 21.8. The van der Waals surface area contributed by atoms with Gasteiger partial charge in [0.05, 0.1) is 44.2 Å². The molecular weight excluding hydrogens is 458 g/mol. The smallest absolute Gasteiger partial charge is 0.308 e. The van der Waals surface area contributed by atoms with E-state index in [9.17, 15) is 9.13 Å². The fraction of sp³-hybridized carbons (Fsp3) is 0.520. The first kappa shape index (κ1) is 24.9. The molecule has 180 valence electrons. The summed E-state index contributed by atoms with van der Waals surface area (Å²) in [6.07, 6.45) is 1.96. The monoisotopic (exact) mass is 492 g/mol. The summed E-state index contributed by atoms with van der Waals surface area (Å²) in [7, 11) is -6.37. The van der Waals surface area contributed by atoms with Crippen molar-refractivity contribution >= 4 is 15.2 Å². The van der Waals surface area contributed by atoms with Crippen LogP contribution >= 0.6 is 15.2 Å². The Hall–Kier alpha value is -1.26. The molecule has 1 spiro atoms. The van der Waals surface area contributed by atoms with Crippen LogP contribution in [0.15, 0.2) is 36.4 Å². The molecule has 0 saturated carbocycles. The van der Waals surface area contributed by atoms with Crippen LogP contribution in [0.5, 0.6) is 0 Å². The quantitative estimate of drug-likeness (QED) is 0.449. The van der Waals surface area contributed by atoms with Gasteiger partial charge in [0.15, 0.2) is 0 Å². The molecule has 8 heteroatoms. The van der Waals surface area contributed by atoms with Gasteiger partial charge < -0.3 is 18.1 Å². The largest absolute Gasteiger partial charge is 0.331 e. The molecule has 0 amide bonds. The van der Waals surface area contributed by atoms with Gasteiger partial charge in [0, 0.05) is 0 Å². The Morgan fingerprint density at radius 3 is 1.24 bits per heavy atom. The van der Waals surface area contributed by atoms with E-state index in [1.165, 1.54) is 33.4 Å². The van der Waals surface area contributed by atoms with Gasteiger partial charge in [0.2, 0.25) is 0 Å². The van der Waals surface area contributed by atoms with Gasteiger partial charge in [-0.15, -0.1) is 0 Å². The Kier molecular flexibility index (Phi) is 7.36. The van der Waals surface area contributed by atoms with Crippen molar-refractivity contribution in [2.24, 2.45) is 5.41 Å². The minimum Gasteiger partial charge on any atom is -0.308 e. The first-order valence-electron chi connectivity index (χ1n) is 11.5. The Balaban J connectivity index is 1.30. The standard InChI is InChI=1S/C25H34O6P2/c1-19-7-5-8-20(2)23(19)11-13-32(26)28-15-25(16-29-32)17-30-33(27,31-18-25)14-12-24-21(3)9-6-10-22(24)4/h5-10H,11-18H2,1-4H3. The highest BCUT2D eigenvalue weighted by atomic mass is 31.2. The van der Waals surface area contributed by atoms with E-state index < -0.39 is 20.6 Å². The molecule has 0 aromatic heterocycles. The van der Waals surface area contributed by atoms with E-state index >= 15 is 0 Å². The third kappa shape index (κ3) is 5.70. The van der Waals surface area contributed by atoms with Crippen LogP contribution < -0.4 is 0 Å². The van der Waals surface area contributed by atoms with Crippen molar-refractivity contribution in [1.29, 1.82) is 0 Å². The van der Waals surface area contributed by atoms with Crippen molar-refractivity contribution in [2.75, 3.05) is 38.8 Å². The molecule has 0 aliphatic carbocycles. The van der Waals surface area contributed by atoms with E-state index in [1.54, 1.807) is 0 Å². The van der Waals surface area contributed by atoms with Gasteiger partial charge in [-0.1, -0.05) is 36.4 Å². The van der Waals surface area contributed by atoms with Crippen LogP contribution in [-0.2, 0) is 40.1 Å². The van der Waals surface area contributed by atoms with Gasteiger partial charge in [-0.25, -0.2) is 0 Å². The second-order valence-electron chi connectivity index (χ2n) is 9.50. The fourth-order valence-electron chi connectivity index (χ4n) is 4.51. The Labute approximate surface area is 197 Å². The Bertz CT molecular complexity index is 957. The summed E-state index contributed by atoms with van der Waals surface area (Å²) in [4.78, 5) is 0. The van der Waals surface area contributed by atoms with E-state index in [2.05, 4.69) is 52.0 Å². The zero-order chi connectivity index (χ0) is 23.7. The minimum absolute atomic E-state index is 0.216. The van der Waals surface area contributed by atoms with Crippen molar-refractivity contribution in [1.82, 2.24) is 0 Å². The lowest BCUT2D eigenvalue weighted by molar-refractivity contribution is -0.0683. The summed E-state index contributed by atoms with van der Waals surface area (Å²) in [5, 5.41) is 0. The third-order valence-electron chi connectivity index (χ3n) is 6.83. The summed E-state index contributed by atoms with van der Waals surface area (Å²) in [6, 6.07) is 12.3. The Morgan fingerprint density at radius 1 is 0.636 bits per heavy atom. The normalized spacial score (nSPS) is 29.9. The second kappa shape index (κ2) is 9.77. The summed E-state index contributed by atoms with van der Waals surface area (Å²) in [6.45, 7) is 9.11. The predicted octanol–water partition coefficient (Wildman–Crippen LogP) is 6.17. The minimum atomic E-state index is -3.19. The molecule has 0 unspecified atom stereocenters. The lowest BCUT2D eigenvalue weighted by Gasteiger charge is -2.43. The maximum absolute atomic E-state index is 13.1. The lowest BCUT2D eigenvalue weighted by atomic mass is 9.93. The molecule has 4 rings (SSSR count). The molecule has 2 aliphatic heterocycles. The van der Waals surface area contributed by atoms with E-state index in [0.717, 1.165) is 0 Å². The predicted molar refractivity (Wildman–Crippen MR) is 130 cm³/mol. The topological polar surface area (TPSA) is 71.1 Å². The number of hydrogen-bond acceptors (Lipinski definition) is 6.